The average Bonchev–Trinajstić information content (AvgIpc) is 2.46. The van der Waals surface area contributed by atoms with Gasteiger partial charge in [-0.25, -0.2) is 0 Å². The second-order valence-corrected chi connectivity index (χ2v) is 5.95. The van der Waals surface area contributed by atoms with Gasteiger partial charge in [-0.2, -0.15) is 0 Å². The van der Waals surface area contributed by atoms with E-state index in [1.807, 2.05) is 0 Å². The van der Waals surface area contributed by atoms with E-state index in [9.17, 15) is 0 Å². The van der Waals surface area contributed by atoms with E-state index >= 15 is 0 Å². The third kappa shape index (κ3) is 2.78. The quantitative estimate of drug-likeness (QED) is 0.863. The van der Waals surface area contributed by atoms with E-state index in [4.69, 9.17) is 0 Å². The maximum Gasteiger partial charge on any atom is 0.0326 e. The molecule has 0 heterocycles. The Morgan fingerprint density at radius 1 is 1.10 bits per heavy atom. The molecule has 1 atom stereocenters. The first-order valence-corrected chi connectivity index (χ1v) is 7.61. The predicted molar refractivity (Wildman–Crippen MR) is 84.9 cm³/mol. The summed E-state index contributed by atoms with van der Waals surface area (Å²) in [5.41, 5.74) is 7.18. The number of nitrogens with one attached hydrogen (secondary N) is 1. The molecule has 0 saturated heterocycles. The lowest BCUT2D eigenvalue weighted by atomic mass is 9.87. The summed E-state index contributed by atoms with van der Waals surface area (Å²) in [6.07, 6.45) is 3.78. The zero-order valence-corrected chi connectivity index (χ0v) is 12.4. The van der Waals surface area contributed by atoms with Crippen molar-refractivity contribution in [2.75, 3.05) is 0 Å². The van der Waals surface area contributed by atoms with Crippen molar-refractivity contribution >= 4 is 0 Å². The molecule has 0 fully saturated rings. The number of aryl methyl sites for hydroxylation is 3. The van der Waals surface area contributed by atoms with Crippen molar-refractivity contribution < 1.29 is 0 Å². The summed E-state index contributed by atoms with van der Waals surface area (Å²) in [6, 6.07) is 16.1. The SMILES string of the molecule is Cc1ccc(CNC2CCCc3ccccc32)c(C)c1. The lowest BCUT2D eigenvalue weighted by Gasteiger charge is -2.26. The average molecular weight is 265 g/mol. The molecule has 1 aliphatic carbocycles. The van der Waals surface area contributed by atoms with Crippen LogP contribution >= 0.6 is 0 Å². The summed E-state index contributed by atoms with van der Waals surface area (Å²) in [7, 11) is 0. The summed E-state index contributed by atoms with van der Waals surface area (Å²) < 4.78 is 0. The molecule has 0 spiro atoms. The normalized spacial score (nSPS) is 17.8. The fourth-order valence-corrected chi connectivity index (χ4v) is 3.24. The summed E-state index contributed by atoms with van der Waals surface area (Å²) in [5, 5.41) is 3.75. The van der Waals surface area contributed by atoms with Crippen LogP contribution in [-0.2, 0) is 13.0 Å². The molecule has 1 aliphatic rings. The molecule has 0 radical (unpaired) electrons. The maximum absolute atomic E-state index is 3.75. The summed E-state index contributed by atoms with van der Waals surface area (Å²) in [4.78, 5) is 0. The van der Waals surface area contributed by atoms with Gasteiger partial charge in [0.05, 0.1) is 0 Å². The minimum atomic E-state index is 0.514. The highest BCUT2D eigenvalue weighted by Crippen LogP contribution is 2.29. The molecule has 2 aromatic carbocycles. The minimum Gasteiger partial charge on any atom is -0.306 e. The van der Waals surface area contributed by atoms with Crippen LogP contribution in [0, 0.1) is 13.8 Å². The molecule has 1 unspecified atom stereocenters. The second kappa shape index (κ2) is 5.80. The van der Waals surface area contributed by atoms with Crippen molar-refractivity contribution in [1.82, 2.24) is 5.32 Å². The largest absolute Gasteiger partial charge is 0.306 e. The molecule has 0 aliphatic heterocycles. The Bertz CT molecular complexity index is 600. The Morgan fingerprint density at radius 2 is 1.95 bits per heavy atom. The molecule has 0 aromatic heterocycles. The van der Waals surface area contributed by atoms with Gasteiger partial charge in [0.25, 0.3) is 0 Å². The number of fused-ring (bicyclic) bond motifs is 1. The zero-order valence-electron chi connectivity index (χ0n) is 12.4. The van der Waals surface area contributed by atoms with E-state index < -0.39 is 0 Å². The Labute approximate surface area is 122 Å². The van der Waals surface area contributed by atoms with Gasteiger partial charge in [-0.15, -0.1) is 0 Å². The molecular formula is C19H23N. The predicted octanol–water partition coefficient (Wildman–Crippen LogP) is 4.47. The van der Waals surface area contributed by atoms with E-state index in [2.05, 4.69) is 61.6 Å². The van der Waals surface area contributed by atoms with Crippen molar-refractivity contribution in [3.8, 4) is 0 Å². The smallest absolute Gasteiger partial charge is 0.0326 e. The van der Waals surface area contributed by atoms with Gasteiger partial charge in [-0.05, 0) is 55.4 Å². The van der Waals surface area contributed by atoms with Crippen molar-refractivity contribution in [3.63, 3.8) is 0 Å². The number of benzene rings is 2. The Hall–Kier alpha value is -1.60. The van der Waals surface area contributed by atoms with Crippen LogP contribution in [0.25, 0.3) is 0 Å². The summed E-state index contributed by atoms with van der Waals surface area (Å²) in [5.74, 6) is 0. The van der Waals surface area contributed by atoms with Gasteiger partial charge >= 0.3 is 0 Å². The van der Waals surface area contributed by atoms with Crippen LogP contribution in [0.3, 0.4) is 0 Å². The summed E-state index contributed by atoms with van der Waals surface area (Å²) in [6.45, 7) is 5.32. The van der Waals surface area contributed by atoms with Crippen LogP contribution in [0.15, 0.2) is 42.5 Å². The van der Waals surface area contributed by atoms with E-state index in [1.54, 1.807) is 0 Å². The Kier molecular flexibility index (Phi) is 3.88. The van der Waals surface area contributed by atoms with Crippen molar-refractivity contribution in [2.45, 2.75) is 45.7 Å². The first kappa shape index (κ1) is 13.4. The third-order valence-corrected chi connectivity index (χ3v) is 4.41. The zero-order chi connectivity index (χ0) is 13.9. The molecule has 2 aromatic rings. The fourth-order valence-electron chi connectivity index (χ4n) is 3.24. The lowest BCUT2D eigenvalue weighted by molar-refractivity contribution is 0.458. The highest BCUT2D eigenvalue weighted by atomic mass is 14.9. The van der Waals surface area contributed by atoms with Gasteiger partial charge in [-0.3, -0.25) is 0 Å². The van der Waals surface area contributed by atoms with Gasteiger partial charge in [0.2, 0.25) is 0 Å². The molecule has 104 valence electrons. The highest BCUT2D eigenvalue weighted by Gasteiger charge is 2.19. The number of rotatable bonds is 3. The molecule has 20 heavy (non-hydrogen) atoms. The van der Waals surface area contributed by atoms with Crippen LogP contribution in [0.5, 0.6) is 0 Å². The maximum atomic E-state index is 3.75. The van der Waals surface area contributed by atoms with Crippen LogP contribution in [0.2, 0.25) is 0 Å². The van der Waals surface area contributed by atoms with Crippen LogP contribution < -0.4 is 5.32 Å². The molecule has 0 bridgehead atoms. The highest BCUT2D eigenvalue weighted by molar-refractivity contribution is 5.33. The molecule has 1 nitrogen and oxygen atoms in total. The third-order valence-electron chi connectivity index (χ3n) is 4.41. The van der Waals surface area contributed by atoms with Crippen LogP contribution in [-0.4, -0.2) is 0 Å². The van der Waals surface area contributed by atoms with Gasteiger partial charge in [0.15, 0.2) is 0 Å². The van der Waals surface area contributed by atoms with E-state index in [-0.39, 0.29) is 0 Å². The number of hydrogen-bond donors (Lipinski definition) is 1. The minimum absolute atomic E-state index is 0.514. The molecule has 0 saturated carbocycles. The van der Waals surface area contributed by atoms with E-state index in [1.165, 1.54) is 47.1 Å². The lowest BCUT2D eigenvalue weighted by Crippen LogP contribution is -2.25. The summed E-state index contributed by atoms with van der Waals surface area (Å²) >= 11 is 0. The standard InChI is InChI=1S/C19H23N/c1-14-10-11-17(15(2)12-14)13-20-19-9-5-7-16-6-3-4-8-18(16)19/h3-4,6,8,10-12,19-20H,5,7,9,13H2,1-2H3. The van der Waals surface area contributed by atoms with Gasteiger partial charge in [-0.1, -0.05) is 48.0 Å². The van der Waals surface area contributed by atoms with Gasteiger partial charge in [0.1, 0.15) is 0 Å². The Morgan fingerprint density at radius 3 is 2.80 bits per heavy atom. The van der Waals surface area contributed by atoms with Crippen LogP contribution in [0.4, 0.5) is 0 Å². The Balaban J connectivity index is 1.73. The molecule has 3 rings (SSSR count). The molecular weight excluding hydrogens is 242 g/mol. The van der Waals surface area contributed by atoms with Gasteiger partial charge < -0.3 is 5.32 Å². The van der Waals surface area contributed by atoms with E-state index in [0.717, 1.165) is 6.54 Å². The van der Waals surface area contributed by atoms with Crippen LogP contribution in [0.1, 0.15) is 46.7 Å². The first-order valence-electron chi connectivity index (χ1n) is 7.61. The van der Waals surface area contributed by atoms with Crippen molar-refractivity contribution in [2.24, 2.45) is 0 Å². The monoisotopic (exact) mass is 265 g/mol. The second-order valence-electron chi connectivity index (χ2n) is 5.95. The van der Waals surface area contributed by atoms with Crippen molar-refractivity contribution in [1.29, 1.82) is 0 Å². The number of hydrogen-bond acceptors (Lipinski definition) is 1. The molecule has 0 amide bonds. The van der Waals surface area contributed by atoms with E-state index in [0.29, 0.717) is 6.04 Å². The molecule has 1 heteroatoms. The fraction of sp³-hybridized carbons (Fsp3) is 0.368. The first-order chi connectivity index (χ1) is 9.74. The topological polar surface area (TPSA) is 12.0 Å². The van der Waals surface area contributed by atoms with Gasteiger partial charge in [0, 0.05) is 12.6 Å². The van der Waals surface area contributed by atoms with Crippen molar-refractivity contribution in [3.05, 3.63) is 70.3 Å². The molecule has 1 N–H and O–H groups in total.